The lowest BCUT2D eigenvalue weighted by Crippen LogP contribution is -2.34. The van der Waals surface area contributed by atoms with Crippen molar-refractivity contribution in [2.75, 3.05) is 13.4 Å². The van der Waals surface area contributed by atoms with Gasteiger partial charge in [-0.1, -0.05) is 0 Å². The Balaban J connectivity index is 1.96. The molecule has 0 bridgehead atoms. The van der Waals surface area contributed by atoms with E-state index in [2.05, 4.69) is 0 Å². The number of hydrogen-bond acceptors (Lipinski definition) is 5. The number of hydrogen-bond donors (Lipinski definition) is 2. The highest BCUT2D eigenvalue weighted by molar-refractivity contribution is 5.68. The molecule has 1 unspecified atom stereocenters. The summed E-state index contributed by atoms with van der Waals surface area (Å²) in [6, 6.07) is 5.01. The molecule has 6 nitrogen and oxygen atoms in total. The monoisotopic (exact) mass is 254 g/mol. The summed E-state index contributed by atoms with van der Waals surface area (Å²) in [4.78, 5) is 10.5. The van der Waals surface area contributed by atoms with Gasteiger partial charge in [-0.05, 0) is 19.1 Å². The van der Waals surface area contributed by atoms with E-state index in [1.165, 1.54) is 6.92 Å². The summed E-state index contributed by atoms with van der Waals surface area (Å²) in [5.41, 5.74) is -1.41. The highest BCUT2D eigenvalue weighted by Crippen LogP contribution is 2.35. The van der Waals surface area contributed by atoms with Gasteiger partial charge in [0.1, 0.15) is 18.0 Å². The molecule has 0 aromatic heterocycles. The van der Waals surface area contributed by atoms with Crippen LogP contribution in [-0.2, 0) is 4.79 Å². The average molecular weight is 254 g/mol. The molecule has 18 heavy (non-hydrogen) atoms. The number of fused-ring (bicyclic) bond motifs is 1. The van der Waals surface area contributed by atoms with E-state index in [9.17, 15) is 9.90 Å². The topological polar surface area (TPSA) is 85.2 Å². The van der Waals surface area contributed by atoms with Crippen LogP contribution in [0.1, 0.15) is 13.3 Å². The van der Waals surface area contributed by atoms with Crippen molar-refractivity contribution in [2.45, 2.75) is 18.9 Å². The Labute approximate surface area is 104 Å². The number of carbonyl (C=O) groups is 1. The van der Waals surface area contributed by atoms with Crippen molar-refractivity contribution in [2.24, 2.45) is 0 Å². The molecular formula is C12H14O6. The molecule has 1 aromatic carbocycles. The minimum atomic E-state index is -1.41. The van der Waals surface area contributed by atoms with E-state index < -0.39 is 11.6 Å². The summed E-state index contributed by atoms with van der Waals surface area (Å²) in [5, 5.41) is 18.4. The molecule has 1 aromatic rings. The Hall–Kier alpha value is -1.95. The van der Waals surface area contributed by atoms with Crippen LogP contribution in [0.4, 0.5) is 0 Å². The van der Waals surface area contributed by atoms with Gasteiger partial charge in [-0.3, -0.25) is 4.79 Å². The van der Waals surface area contributed by atoms with E-state index >= 15 is 0 Å². The molecule has 98 valence electrons. The van der Waals surface area contributed by atoms with Crippen LogP contribution in [0.2, 0.25) is 0 Å². The maximum atomic E-state index is 10.5. The first-order valence-corrected chi connectivity index (χ1v) is 5.43. The number of carboxylic acids is 1. The molecule has 2 rings (SSSR count). The van der Waals surface area contributed by atoms with E-state index in [1.807, 2.05) is 0 Å². The van der Waals surface area contributed by atoms with Crippen LogP contribution in [0.25, 0.3) is 0 Å². The third kappa shape index (κ3) is 3.04. The Morgan fingerprint density at radius 3 is 2.89 bits per heavy atom. The Kier molecular flexibility index (Phi) is 3.29. The van der Waals surface area contributed by atoms with Crippen molar-refractivity contribution in [1.29, 1.82) is 0 Å². The van der Waals surface area contributed by atoms with Crippen LogP contribution < -0.4 is 14.2 Å². The number of benzene rings is 1. The minimum Gasteiger partial charge on any atom is -0.490 e. The van der Waals surface area contributed by atoms with Crippen molar-refractivity contribution >= 4 is 5.97 Å². The summed E-state index contributed by atoms with van der Waals surface area (Å²) in [6.45, 7) is 1.47. The summed E-state index contributed by atoms with van der Waals surface area (Å²) in [6.07, 6.45) is -0.377. The van der Waals surface area contributed by atoms with Gasteiger partial charge in [0.15, 0.2) is 11.5 Å². The molecule has 0 saturated carbocycles. The molecule has 2 N–H and O–H groups in total. The maximum Gasteiger partial charge on any atom is 0.306 e. The Morgan fingerprint density at radius 2 is 2.17 bits per heavy atom. The fourth-order valence-electron chi connectivity index (χ4n) is 1.58. The zero-order valence-corrected chi connectivity index (χ0v) is 9.88. The predicted molar refractivity (Wildman–Crippen MR) is 60.9 cm³/mol. The number of ether oxygens (including phenoxy) is 3. The second-order valence-corrected chi connectivity index (χ2v) is 4.37. The summed E-state index contributed by atoms with van der Waals surface area (Å²) in [7, 11) is 0. The van der Waals surface area contributed by atoms with Crippen molar-refractivity contribution < 1.29 is 29.2 Å². The fourth-order valence-corrected chi connectivity index (χ4v) is 1.58. The van der Waals surface area contributed by atoms with Gasteiger partial charge >= 0.3 is 5.97 Å². The Morgan fingerprint density at radius 1 is 1.44 bits per heavy atom. The predicted octanol–water partition coefficient (Wildman–Crippen LogP) is 1.02. The first-order valence-electron chi connectivity index (χ1n) is 5.43. The normalized spacial score (nSPS) is 16.1. The van der Waals surface area contributed by atoms with Crippen LogP contribution in [0.15, 0.2) is 18.2 Å². The molecule has 0 radical (unpaired) electrons. The maximum absolute atomic E-state index is 10.5. The van der Waals surface area contributed by atoms with Gasteiger partial charge in [-0.25, -0.2) is 0 Å². The van der Waals surface area contributed by atoms with Gasteiger partial charge < -0.3 is 24.4 Å². The first kappa shape index (κ1) is 12.5. The van der Waals surface area contributed by atoms with E-state index in [-0.39, 0.29) is 19.8 Å². The quantitative estimate of drug-likeness (QED) is 0.816. The summed E-state index contributed by atoms with van der Waals surface area (Å²) < 4.78 is 15.7. The summed E-state index contributed by atoms with van der Waals surface area (Å²) >= 11 is 0. The number of aliphatic hydroxyl groups is 1. The van der Waals surface area contributed by atoms with Crippen molar-refractivity contribution in [3.05, 3.63) is 18.2 Å². The van der Waals surface area contributed by atoms with Gasteiger partial charge in [0.25, 0.3) is 0 Å². The largest absolute Gasteiger partial charge is 0.490 e. The zero-order valence-electron chi connectivity index (χ0n) is 9.88. The van der Waals surface area contributed by atoms with Crippen LogP contribution in [0, 0.1) is 0 Å². The van der Waals surface area contributed by atoms with E-state index in [0.717, 1.165) is 0 Å². The fraction of sp³-hybridized carbons (Fsp3) is 0.417. The van der Waals surface area contributed by atoms with Gasteiger partial charge in [0, 0.05) is 6.07 Å². The third-order valence-electron chi connectivity index (χ3n) is 2.43. The van der Waals surface area contributed by atoms with Crippen molar-refractivity contribution in [3.8, 4) is 17.2 Å². The molecule has 0 amide bonds. The number of carboxylic acid groups (broad SMARTS) is 1. The molecule has 0 fully saturated rings. The van der Waals surface area contributed by atoms with Gasteiger partial charge in [-0.2, -0.15) is 0 Å². The van der Waals surface area contributed by atoms with Crippen LogP contribution in [0.3, 0.4) is 0 Å². The van der Waals surface area contributed by atoms with Crippen molar-refractivity contribution in [3.63, 3.8) is 0 Å². The second-order valence-electron chi connectivity index (χ2n) is 4.37. The molecule has 1 aliphatic rings. The lowest BCUT2D eigenvalue weighted by atomic mass is 10.0. The minimum absolute atomic E-state index is 0.112. The first-order chi connectivity index (χ1) is 8.46. The summed E-state index contributed by atoms with van der Waals surface area (Å²) in [5.74, 6) is 0.629. The van der Waals surface area contributed by atoms with E-state index in [4.69, 9.17) is 19.3 Å². The molecule has 0 aliphatic carbocycles. The Bertz CT molecular complexity index is 454. The molecule has 1 aliphatic heterocycles. The van der Waals surface area contributed by atoms with Crippen LogP contribution in [-0.4, -0.2) is 35.2 Å². The zero-order chi connectivity index (χ0) is 13.2. The van der Waals surface area contributed by atoms with E-state index in [0.29, 0.717) is 17.2 Å². The molecule has 0 spiro atoms. The standard InChI is InChI=1S/C12H14O6/c1-12(15,5-11(13)14)6-16-8-2-3-9-10(4-8)18-7-17-9/h2-4,15H,5-7H2,1H3,(H,13,14). The smallest absolute Gasteiger partial charge is 0.306 e. The molecule has 1 atom stereocenters. The number of aliphatic carboxylic acids is 1. The van der Waals surface area contributed by atoms with Crippen LogP contribution in [0.5, 0.6) is 17.2 Å². The SMILES string of the molecule is CC(O)(COc1ccc2c(c1)OCO2)CC(=O)O. The lowest BCUT2D eigenvalue weighted by molar-refractivity contribution is -0.143. The molecule has 1 heterocycles. The van der Waals surface area contributed by atoms with E-state index in [1.54, 1.807) is 18.2 Å². The molecule has 0 saturated heterocycles. The second kappa shape index (κ2) is 4.73. The van der Waals surface area contributed by atoms with Crippen molar-refractivity contribution in [1.82, 2.24) is 0 Å². The average Bonchev–Trinajstić information content (AvgIpc) is 2.71. The van der Waals surface area contributed by atoms with Crippen LogP contribution >= 0.6 is 0 Å². The van der Waals surface area contributed by atoms with Gasteiger partial charge in [0.2, 0.25) is 6.79 Å². The number of rotatable bonds is 5. The van der Waals surface area contributed by atoms with Gasteiger partial charge in [-0.15, -0.1) is 0 Å². The third-order valence-corrected chi connectivity index (χ3v) is 2.43. The highest BCUT2D eigenvalue weighted by atomic mass is 16.7. The molecular weight excluding hydrogens is 240 g/mol. The highest BCUT2D eigenvalue weighted by Gasteiger charge is 2.25. The lowest BCUT2D eigenvalue weighted by Gasteiger charge is -2.21. The van der Waals surface area contributed by atoms with Gasteiger partial charge in [0.05, 0.1) is 6.42 Å². The molecule has 6 heteroatoms.